The highest BCUT2D eigenvalue weighted by atomic mass is 19.4. The van der Waals surface area contributed by atoms with Crippen molar-refractivity contribution in [3.8, 4) is 28.6 Å². The molecule has 0 aliphatic rings. The van der Waals surface area contributed by atoms with E-state index in [2.05, 4.69) is 20.1 Å². The predicted molar refractivity (Wildman–Crippen MR) is 131 cm³/mol. The monoisotopic (exact) mass is 559 g/mol. The number of benzene rings is 1. The molecule has 4 heterocycles. The maximum atomic E-state index is 15.3. The van der Waals surface area contributed by atoms with Gasteiger partial charge in [0.1, 0.15) is 17.0 Å². The fraction of sp³-hybridized carbons (Fsp3) is 0.160. The molecule has 40 heavy (non-hydrogen) atoms. The van der Waals surface area contributed by atoms with Crippen molar-refractivity contribution in [2.45, 2.75) is 26.1 Å². The summed E-state index contributed by atoms with van der Waals surface area (Å²) in [5.74, 6) is -4.00. The minimum atomic E-state index is -5.14. The maximum absolute atomic E-state index is 15.3. The summed E-state index contributed by atoms with van der Waals surface area (Å²) in [5, 5.41) is 3.85. The van der Waals surface area contributed by atoms with E-state index >= 15 is 4.39 Å². The number of nitrogens with zero attached hydrogens (tertiary/aromatic N) is 5. The van der Waals surface area contributed by atoms with Crippen molar-refractivity contribution in [1.82, 2.24) is 29.3 Å². The first kappa shape index (κ1) is 26.5. The van der Waals surface area contributed by atoms with E-state index in [-0.39, 0.29) is 34.3 Å². The fourth-order valence-corrected chi connectivity index (χ4v) is 4.22. The van der Waals surface area contributed by atoms with Gasteiger partial charge >= 0.3 is 11.9 Å². The number of hydrogen-bond donors (Lipinski definition) is 2. The standard InChI is InChI=1S/C25H18F5N7O3/c1-11(2)36-20-16(7-8-32-23(20)34-24(36)39)40-15-5-3-12(9-14(15)27)19-18(22(31)38)21(25(28,29)30)37(35-19)17-6-4-13(26)10-33-17/h3-11H,1-2H3,(H2,31,38)(H,32,34,39). The molecular weight excluding hydrogens is 541 g/mol. The second kappa shape index (κ2) is 9.59. The molecule has 0 aliphatic heterocycles. The van der Waals surface area contributed by atoms with E-state index in [9.17, 15) is 27.2 Å². The van der Waals surface area contributed by atoms with Crippen LogP contribution in [0.1, 0.15) is 35.9 Å². The highest BCUT2D eigenvalue weighted by molar-refractivity contribution is 6.00. The highest BCUT2D eigenvalue weighted by Crippen LogP contribution is 2.39. The molecule has 0 fully saturated rings. The fourth-order valence-electron chi connectivity index (χ4n) is 4.22. The summed E-state index contributed by atoms with van der Waals surface area (Å²) < 4.78 is 78.2. The van der Waals surface area contributed by atoms with Crippen LogP contribution in [0.2, 0.25) is 0 Å². The summed E-state index contributed by atoms with van der Waals surface area (Å²) in [5.41, 5.74) is 1.93. The van der Waals surface area contributed by atoms with Crippen molar-refractivity contribution >= 4 is 17.1 Å². The summed E-state index contributed by atoms with van der Waals surface area (Å²) in [7, 11) is 0. The number of ether oxygens (including phenoxy) is 1. The molecule has 206 valence electrons. The molecule has 0 atom stereocenters. The van der Waals surface area contributed by atoms with Gasteiger partial charge in [-0.3, -0.25) is 14.3 Å². The number of amides is 1. The summed E-state index contributed by atoms with van der Waals surface area (Å²) in [6, 6.07) is 6.03. The van der Waals surface area contributed by atoms with Crippen molar-refractivity contribution in [2.24, 2.45) is 5.73 Å². The number of aromatic amines is 1. The van der Waals surface area contributed by atoms with Crippen LogP contribution in [0.15, 0.2) is 53.6 Å². The Morgan fingerprint density at radius 1 is 1.07 bits per heavy atom. The Morgan fingerprint density at radius 3 is 2.42 bits per heavy atom. The van der Waals surface area contributed by atoms with Gasteiger partial charge in [-0.2, -0.15) is 18.3 Å². The maximum Gasteiger partial charge on any atom is 0.434 e. The molecule has 0 radical (unpaired) electrons. The lowest BCUT2D eigenvalue weighted by atomic mass is 10.0. The van der Waals surface area contributed by atoms with Crippen LogP contribution in [-0.4, -0.2) is 35.2 Å². The zero-order chi connectivity index (χ0) is 28.9. The first-order valence-electron chi connectivity index (χ1n) is 11.6. The van der Waals surface area contributed by atoms with Gasteiger partial charge in [0.25, 0.3) is 5.91 Å². The van der Waals surface area contributed by atoms with Gasteiger partial charge in [-0.25, -0.2) is 28.2 Å². The lowest BCUT2D eigenvalue weighted by molar-refractivity contribution is -0.143. The Hall–Kier alpha value is -5.08. The van der Waals surface area contributed by atoms with E-state index in [0.717, 1.165) is 24.3 Å². The minimum absolute atomic E-state index is 0.0903. The van der Waals surface area contributed by atoms with Crippen molar-refractivity contribution in [1.29, 1.82) is 0 Å². The average Bonchev–Trinajstić information content (AvgIpc) is 3.44. The molecule has 15 heteroatoms. The zero-order valence-electron chi connectivity index (χ0n) is 20.6. The van der Waals surface area contributed by atoms with Crippen LogP contribution >= 0.6 is 0 Å². The van der Waals surface area contributed by atoms with E-state index in [4.69, 9.17) is 10.5 Å². The second-order valence-electron chi connectivity index (χ2n) is 8.83. The van der Waals surface area contributed by atoms with Crippen molar-refractivity contribution < 1.29 is 31.5 Å². The first-order chi connectivity index (χ1) is 18.9. The molecule has 1 amide bonds. The smallest absolute Gasteiger partial charge is 0.434 e. The number of nitrogens with one attached hydrogen (secondary N) is 1. The number of H-pyrrole nitrogens is 1. The Balaban J connectivity index is 1.62. The number of rotatable bonds is 6. The first-order valence-corrected chi connectivity index (χ1v) is 11.6. The largest absolute Gasteiger partial charge is 0.452 e. The molecule has 0 spiro atoms. The molecule has 0 saturated carbocycles. The van der Waals surface area contributed by atoms with Gasteiger partial charge < -0.3 is 10.5 Å². The number of fused-ring (bicyclic) bond motifs is 1. The van der Waals surface area contributed by atoms with E-state index < -0.39 is 52.2 Å². The number of carbonyl (C=O) groups excluding carboxylic acids is 1. The third-order valence-corrected chi connectivity index (χ3v) is 5.84. The van der Waals surface area contributed by atoms with E-state index in [0.29, 0.717) is 10.9 Å². The number of aromatic nitrogens is 6. The summed E-state index contributed by atoms with van der Waals surface area (Å²) in [6.45, 7) is 3.51. The van der Waals surface area contributed by atoms with Gasteiger partial charge in [0.15, 0.2) is 34.5 Å². The number of hydrogen-bond acceptors (Lipinski definition) is 6. The SMILES string of the molecule is CC(C)n1c(=O)[nH]c2nccc(Oc3ccc(-c4nn(-c5ccc(F)cn5)c(C(F)(F)F)c4C(N)=O)cc3F)c21. The summed E-state index contributed by atoms with van der Waals surface area (Å²) in [6.07, 6.45) is -3.12. The average molecular weight is 559 g/mol. The van der Waals surface area contributed by atoms with Crippen LogP contribution in [0.3, 0.4) is 0 Å². The zero-order valence-corrected chi connectivity index (χ0v) is 20.6. The molecule has 5 aromatic rings. The Morgan fingerprint density at radius 2 is 1.82 bits per heavy atom. The molecule has 1 aromatic carbocycles. The van der Waals surface area contributed by atoms with E-state index in [1.807, 2.05) is 0 Å². The lowest BCUT2D eigenvalue weighted by Crippen LogP contribution is -2.21. The van der Waals surface area contributed by atoms with Gasteiger partial charge in [0.05, 0.1) is 11.8 Å². The molecule has 0 unspecified atom stereocenters. The normalized spacial score (nSPS) is 11.9. The predicted octanol–water partition coefficient (Wildman–Crippen LogP) is 4.74. The molecule has 4 aromatic heterocycles. The van der Waals surface area contributed by atoms with Crippen LogP contribution < -0.4 is 16.2 Å². The Kier molecular flexibility index (Phi) is 6.36. The molecule has 3 N–H and O–H groups in total. The van der Waals surface area contributed by atoms with Gasteiger partial charge in [-0.1, -0.05) is 0 Å². The molecule has 5 rings (SSSR count). The van der Waals surface area contributed by atoms with Crippen LogP contribution in [0.25, 0.3) is 28.2 Å². The summed E-state index contributed by atoms with van der Waals surface area (Å²) in [4.78, 5) is 34.8. The number of pyridine rings is 2. The van der Waals surface area contributed by atoms with Crippen molar-refractivity contribution in [3.63, 3.8) is 0 Å². The van der Waals surface area contributed by atoms with Gasteiger partial charge in [0.2, 0.25) is 0 Å². The van der Waals surface area contributed by atoms with E-state index in [1.165, 1.54) is 22.9 Å². The van der Waals surface area contributed by atoms with Crippen LogP contribution in [0, 0.1) is 11.6 Å². The van der Waals surface area contributed by atoms with E-state index in [1.54, 1.807) is 13.8 Å². The number of imidazole rings is 1. The third-order valence-electron chi connectivity index (χ3n) is 5.84. The number of alkyl halides is 3. The lowest BCUT2D eigenvalue weighted by Gasteiger charge is -2.12. The number of carbonyl (C=O) groups is 1. The van der Waals surface area contributed by atoms with Crippen molar-refractivity contribution in [2.75, 3.05) is 0 Å². The van der Waals surface area contributed by atoms with Crippen LogP contribution in [0.4, 0.5) is 22.0 Å². The van der Waals surface area contributed by atoms with Crippen molar-refractivity contribution in [3.05, 3.63) is 82.2 Å². The van der Waals surface area contributed by atoms with Gasteiger partial charge in [-0.15, -0.1) is 0 Å². The Bertz CT molecular complexity index is 1820. The Labute approximate surface area is 220 Å². The highest BCUT2D eigenvalue weighted by Gasteiger charge is 2.43. The second-order valence-corrected chi connectivity index (χ2v) is 8.83. The minimum Gasteiger partial charge on any atom is -0.452 e. The molecule has 0 bridgehead atoms. The van der Waals surface area contributed by atoms with Crippen LogP contribution in [-0.2, 0) is 6.18 Å². The topological polar surface area (TPSA) is 134 Å². The number of primary amides is 1. The molecule has 0 aliphatic carbocycles. The van der Waals surface area contributed by atoms with Gasteiger partial charge in [0, 0.05) is 23.9 Å². The molecule has 10 nitrogen and oxygen atoms in total. The van der Waals surface area contributed by atoms with Gasteiger partial charge in [-0.05, 0) is 44.2 Å². The third kappa shape index (κ3) is 4.54. The quantitative estimate of drug-likeness (QED) is 0.289. The number of halogens is 5. The number of nitrogens with two attached hydrogens (primary N) is 1. The summed E-state index contributed by atoms with van der Waals surface area (Å²) >= 11 is 0. The van der Waals surface area contributed by atoms with Crippen LogP contribution in [0.5, 0.6) is 11.5 Å². The molecule has 0 saturated heterocycles. The molecular formula is C25H18F5N7O3.